The maximum Gasteiger partial charge on any atom is 0.352 e. The predicted octanol–water partition coefficient (Wildman–Crippen LogP) is 1.48. The molecule has 2 heterocycles. The number of rotatable bonds is 5. The highest BCUT2D eigenvalue weighted by Gasteiger charge is 2.12. The van der Waals surface area contributed by atoms with Gasteiger partial charge in [-0.05, 0) is 18.1 Å². The Morgan fingerprint density at radius 2 is 2.28 bits per heavy atom. The zero-order chi connectivity index (χ0) is 13.1. The van der Waals surface area contributed by atoms with Gasteiger partial charge in [-0.15, -0.1) is 0 Å². The minimum absolute atomic E-state index is 0.258. The third kappa shape index (κ3) is 2.58. The summed E-state index contributed by atoms with van der Waals surface area (Å²) in [6.07, 6.45) is 3.24. The minimum atomic E-state index is -0.935. The molecule has 0 fully saturated rings. The molecule has 0 spiro atoms. The smallest absolute Gasteiger partial charge is 0.352 e. The first-order valence-electron chi connectivity index (χ1n) is 5.83. The second-order valence-corrected chi connectivity index (χ2v) is 4.58. The fourth-order valence-electron chi connectivity index (χ4n) is 1.81. The largest absolute Gasteiger partial charge is 0.477 e. The fraction of sp³-hybridized carbons (Fsp3) is 0.417. The monoisotopic (exact) mass is 248 g/mol. The molecule has 0 aromatic carbocycles. The number of nitrogens with zero attached hydrogens (tertiary/aromatic N) is 4. The van der Waals surface area contributed by atoms with Crippen molar-refractivity contribution >= 4 is 5.97 Å². The lowest BCUT2D eigenvalue weighted by molar-refractivity contribution is 0.0685. The van der Waals surface area contributed by atoms with E-state index in [1.54, 1.807) is 22.9 Å². The molecule has 0 unspecified atom stereocenters. The molecule has 2 aromatic heterocycles. The third-order valence-electron chi connectivity index (χ3n) is 2.59. The van der Waals surface area contributed by atoms with Gasteiger partial charge in [-0.3, -0.25) is 0 Å². The average Bonchev–Trinajstić information content (AvgIpc) is 2.88. The Labute approximate surface area is 105 Å². The maximum absolute atomic E-state index is 11.0. The van der Waals surface area contributed by atoms with Crippen molar-refractivity contribution in [1.82, 2.24) is 19.3 Å². The quantitative estimate of drug-likeness (QED) is 0.869. The zero-order valence-corrected chi connectivity index (χ0v) is 10.4. The summed E-state index contributed by atoms with van der Waals surface area (Å²) >= 11 is 0. The van der Waals surface area contributed by atoms with Gasteiger partial charge in [0.25, 0.3) is 0 Å². The molecule has 0 aliphatic rings. The molecule has 96 valence electrons. The average molecular weight is 248 g/mol. The Morgan fingerprint density at radius 1 is 1.50 bits per heavy atom. The van der Waals surface area contributed by atoms with Crippen LogP contribution in [-0.4, -0.2) is 30.4 Å². The summed E-state index contributed by atoms with van der Waals surface area (Å²) in [6.45, 7) is 5.40. The van der Waals surface area contributed by atoms with Gasteiger partial charge in [-0.1, -0.05) is 13.8 Å². The molecule has 0 atom stereocenters. The van der Waals surface area contributed by atoms with Crippen LogP contribution in [-0.2, 0) is 13.1 Å². The van der Waals surface area contributed by atoms with Crippen molar-refractivity contribution in [1.29, 1.82) is 0 Å². The van der Waals surface area contributed by atoms with E-state index in [-0.39, 0.29) is 5.69 Å². The van der Waals surface area contributed by atoms with Crippen LogP contribution in [0.2, 0.25) is 0 Å². The van der Waals surface area contributed by atoms with Gasteiger partial charge in [0.1, 0.15) is 17.8 Å². The molecule has 0 saturated carbocycles. The van der Waals surface area contributed by atoms with E-state index in [0.29, 0.717) is 12.5 Å². The number of carboxylic acid groups (broad SMARTS) is 1. The van der Waals surface area contributed by atoms with E-state index in [2.05, 4.69) is 23.9 Å². The first kappa shape index (κ1) is 12.3. The Kier molecular flexibility index (Phi) is 3.45. The van der Waals surface area contributed by atoms with E-state index in [1.165, 1.54) is 6.33 Å². The maximum atomic E-state index is 11.0. The number of aromatic carboxylic acids is 1. The second kappa shape index (κ2) is 5.03. The SMILES string of the molecule is CC(C)Cn1ncnc1Cn1cccc1C(=O)O. The van der Waals surface area contributed by atoms with Crippen molar-refractivity contribution in [2.75, 3.05) is 0 Å². The number of carboxylic acids is 1. The molecule has 0 aliphatic heterocycles. The Balaban J connectivity index is 2.21. The van der Waals surface area contributed by atoms with Crippen molar-refractivity contribution in [2.45, 2.75) is 26.9 Å². The van der Waals surface area contributed by atoms with E-state index < -0.39 is 5.97 Å². The molecule has 2 rings (SSSR count). The molecule has 0 aliphatic carbocycles. The van der Waals surface area contributed by atoms with Gasteiger partial charge in [0.05, 0.1) is 6.54 Å². The van der Waals surface area contributed by atoms with Crippen LogP contribution in [0.5, 0.6) is 0 Å². The topological polar surface area (TPSA) is 72.9 Å². The number of aromatic nitrogens is 4. The molecule has 0 bridgehead atoms. The van der Waals surface area contributed by atoms with Gasteiger partial charge < -0.3 is 9.67 Å². The Hall–Kier alpha value is -2.11. The third-order valence-corrected chi connectivity index (χ3v) is 2.59. The van der Waals surface area contributed by atoms with Crippen LogP contribution in [0.1, 0.15) is 30.2 Å². The first-order valence-corrected chi connectivity index (χ1v) is 5.83. The highest BCUT2D eigenvalue weighted by molar-refractivity contribution is 5.85. The lowest BCUT2D eigenvalue weighted by Gasteiger charge is -2.10. The first-order chi connectivity index (χ1) is 8.58. The number of hydrogen-bond donors (Lipinski definition) is 1. The standard InChI is InChI=1S/C12H16N4O2/c1-9(2)6-16-11(13-8-14-16)7-15-5-3-4-10(15)12(17)18/h3-5,8-9H,6-7H2,1-2H3,(H,17,18). The lowest BCUT2D eigenvalue weighted by Crippen LogP contribution is -2.15. The predicted molar refractivity (Wildman–Crippen MR) is 65.4 cm³/mol. The van der Waals surface area contributed by atoms with Gasteiger partial charge in [-0.25, -0.2) is 14.5 Å². The second-order valence-electron chi connectivity index (χ2n) is 4.58. The van der Waals surface area contributed by atoms with E-state index in [4.69, 9.17) is 5.11 Å². The molecule has 0 saturated heterocycles. The molecule has 1 N–H and O–H groups in total. The molecular weight excluding hydrogens is 232 g/mol. The number of hydrogen-bond acceptors (Lipinski definition) is 3. The summed E-state index contributed by atoms with van der Waals surface area (Å²) in [7, 11) is 0. The summed E-state index contributed by atoms with van der Waals surface area (Å²) < 4.78 is 3.47. The highest BCUT2D eigenvalue weighted by atomic mass is 16.4. The Morgan fingerprint density at radius 3 is 2.94 bits per heavy atom. The van der Waals surface area contributed by atoms with E-state index >= 15 is 0 Å². The lowest BCUT2D eigenvalue weighted by atomic mass is 10.2. The summed E-state index contributed by atoms with van der Waals surface area (Å²) in [5, 5.41) is 13.2. The van der Waals surface area contributed by atoms with Gasteiger partial charge in [0.2, 0.25) is 0 Å². The van der Waals surface area contributed by atoms with Crippen molar-refractivity contribution in [2.24, 2.45) is 5.92 Å². The van der Waals surface area contributed by atoms with E-state index in [1.807, 2.05) is 4.68 Å². The molecule has 0 radical (unpaired) electrons. The van der Waals surface area contributed by atoms with Gasteiger partial charge in [0.15, 0.2) is 0 Å². The summed E-state index contributed by atoms with van der Waals surface area (Å²) in [6, 6.07) is 3.29. The summed E-state index contributed by atoms with van der Waals surface area (Å²) in [5.74, 6) is 0.298. The molecule has 0 amide bonds. The van der Waals surface area contributed by atoms with Crippen LogP contribution in [0.15, 0.2) is 24.7 Å². The van der Waals surface area contributed by atoms with Crippen molar-refractivity contribution < 1.29 is 9.90 Å². The summed E-state index contributed by atoms with van der Waals surface area (Å²) in [4.78, 5) is 15.2. The fourth-order valence-corrected chi connectivity index (χ4v) is 1.81. The number of carbonyl (C=O) groups is 1. The van der Waals surface area contributed by atoms with Gasteiger partial charge in [0, 0.05) is 12.7 Å². The zero-order valence-electron chi connectivity index (χ0n) is 10.4. The molecule has 6 heteroatoms. The van der Waals surface area contributed by atoms with E-state index in [9.17, 15) is 4.79 Å². The van der Waals surface area contributed by atoms with Gasteiger partial charge >= 0.3 is 5.97 Å². The molecule has 2 aromatic rings. The van der Waals surface area contributed by atoms with Crippen LogP contribution >= 0.6 is 0 Å². The van der Waals surface area contributed by atoms with Crippen LogP contribution in [0.25, 0.3) is 0 Å². The van der Waals surface area contributed by atoms with Gasteiger partial charge in [-0.2, -0.15) is 5.10 Å². The molecule has 6 nitrogen and oxygen atoms in total. The van der Waals surface area contributed by atoms with Crippen LogP contribution in [0, 0.1) is 5.92 Å². The van der Waals surface area contributed by atoms with Crippen molar-refractivity contribution in [3.8, 4) is 0 Å². The Bertz CT molecular complexity index is 542. The van der Waals surface area contributed by atoms with Crippen LogP contribution in [0.4, 0.5) is 0 Å². The van der Waals surface area contributed by atoms with Crippen molar-refractivity contribution in [3.05, 3.63) is 36.2 Å². The van der Waals surface area contributed by atoms with Crippen LogP contribution < -0.4 is 0 Å². The molecular formula is C12H16N4O2. The molecule has 18 heavy (non-hydrogen) atoms. The summed E-state index contributed by atoms with van der Waals surface area (Å²) in [5.41, 5.74) is 0.258. The normalized spacial score (nSPS) is 11.1. The van der Waals surface area contributed by atoms with Crippen LogP contribution in [0.3, 0.4) is 0 Å². The minimum Gasteiger partial charge on any atom is -0.477 e. The van der Waals surface area contributed by atoms with Crippen molar-refractivity contribution in [3.63, 3.8) is 0 Å². The highest BCUT2D eigenvalue weighted by Crippen LogP contribution is 2.07. The van der Waals surface area contributed by atoms with E-state index in [0.717, 1.165) is 12.4 Å².